The monoisotopic (exact) mass is 199 g/mol. The van der Waals surface area contributed by atoms with Crippen molar-refractivity contribution in [2.24, 2.45) is 5.73 Å². The lowest BCUT2D eigenvalue weighted by molar-refractivity contribution is 0.530. The average molecular weight is 199 g/mol. The average Bonchev–Trinajstić information content (AvgIpc) is 2.55. The molecule has 5 heteroatoms. The van der Waals surface area contributed by atoms with E-state index in [1.54, 1.807) is 18.0 Å². The summed E-state index contributed by atoms with van der Waals surface area (Å²) in [4.78, 5) is 0. The second kappa shape index (κ2) is 5.53. The maximum atomic E-state index is 6.91. The van der Waals surface area contributed by atoms with E-state index in [0.29, 0.717) is 0 Å². The Morgan fingerprint density at radius 1 is 1.69 bits per heavy atom. The Morgan fingerprint density at radius 3 is 3.15 bits per heavy atom. The number of hydrogen-bond donors (Lipinski definition) is 3. The summed E-state index contributed by atoms with van der Waals surface area (Å²) in [6.45, 7) is 0.723. The van der Waals surface area contributed by atoms with Crippen molar-refractivity contribution in [3.8, 4) is 0 Å². The van der Waals surface area contributed by atoms with E-state index < -0.39 is 0 Å². The van der Waals surface area contributed by atoms with Crippen LogP contribution in [0.4, 0.5) is 0 Å². The quantitative estimate of drug-likeness (QED) is 0.375. The highest BCUT2D eigenvalue weighted by Gasteiger charge is 1.95. The van der Waals surface area contributed by atoms with E-state index in [2.05, 4.69) is 5.32 Å². The standard InChI is InChI=1S/C8H13N3OS/c9-8(10)11-3-5-13-6-7-2-1-4-12-7/h1-2,4H,3,5-6H2,(H4,9,10,11). The van der Waals surface area contributed by atoms with Crippen LogP contribution in [0.3, 0.4) is 0 Å². The molecule has 0 aliphatic heterocycles. The SMILES string of the molecule is N=C(N)NCCSCc1ccco1. The summed E-state index contributed by atoms with van der Waals surface area (Å²) in [7, 11) is 0. The van der Waals surface area contributed by atoms with Crippen LogP contribution in [0.25, 0.3) is 0 Å². The molecule has 0 saturated carbocycles. The molecular weight excluding hydrogens is 186 g/mol. The second-order valence-corrected chi connectivity index (χ2v) is 3.58. The van der Waals surface area contributed by atoms with Gasteiger partial charge in [0.15, 0.2) is 5.96 Å². The van der Waals surface area contributed by atoms with E-state index in [4.69, 9.17) is 15.6 Å². The molecule has 0 radical (unpaired) electrons. The Balaban J connectivity index is 1.99. The van der Waals surface area contributed by atoms with Crippen molar-refractivity contribution in [2.75, 3.05) is 12.3 Å². The molecule has 0 aliphatic carbocycles. The molecule has 1 aromatic rings. The van der Waals surface area contributed by atoms with Gasteiger partial charge in [0, 0.05) is 12.3 Å². The van der Waals surface area contributed by atoms with Crippen LogP contribution in [0, 0.1) is 5.41 Å². The molecule has 1 aromatic heterocycles. The summed E-state index contributed by atoms with van der Waals surface area (Å²) in [5.74, 6) is 2.79. The lowest BCUT2D eigenvalue weighted by Crippen LogP contribution is -2.31. The number of nitrogens with two attached hydrogens (primary N) is 1. The molecule has 1 heterocycles. The van der Waals surface area contributed by atoms with Gasteiger partial charge in [0.1, 0.15) is 5.76 Å². The molecule has 0 spiro atoms. The van der Waals surface area contributed by atoms with Crippen LogP contribution in [0.15, 0.2) is 22.8 Å². The summed E-state index contributed by atoms with van der Waals surface area (Å²) >= 11 is 1.74. The maximum Gasteiger partial charge on any atom is 0.185 e. The smallest absolute Gasteiger partial charge is 0.185 e. The van der Waals surface area contributed by atoms with E-state index in [1.165, 1.54) is 0 Å². The van der Waals surface area contributed by atoms with Crippen LogP contribution in [0.2, 0.25) is 0 Å². The molecule has 0 amide bonds. The van der Waals surface area contributed by atoms with Crippen molar-refractivity contribution in [1.29, 1.82) is 5.41 Å². The molecule has 0 atom stereocenters. The minimum absolute atomic E-state index is 0.0265. The van der Waals surface area contributed by atoms with Crippen LogP contribution in [-0.4, -0.2) is 18.3 Å². The molecule has 0 aliphatic rings. The predicted octanol–water partition coefficient (Wildman–Crippen LogP) is 0.996. The molecule has 13 heavy (non-hydrogen) atoms. The first-order valence-electron chi connectivity index (χ1n) is 3.97. The Morgan fingerprint density at radius 2 is 2.54 bits per heavy atom. The van der Waals surface area contributed by atoms with Gasteiger partial charge in [-0.15, -0.1) is 0 Å². The highest BCUT2D eigenvalue weighted by molar-refractivity contribution is 7.98. The summed E-state index contributed by atoms with van der Waals surface area (Å²) in [5, 5.41) is 9.64. The highest BCUT2D eigenvalue weighted by Crippen LogP contribution is 2.11. The summed E-state index contributed by atoms with van der Waals surface area (Å²) < 4.78 is 5.15. The van der Waals surface area contributed by atoms with Crippen molar-refractivity contribution >= 4 is 17.7 Å². The summed E-state index contributed by atoms with van der Waals surface area (Å²) in [6, 6.07) is 3.83. The van der Waals surface area contributed by atoms with Crippen LogP contribution in [0.1, 0.15) is 5.76 Å². The number of thioether (sulfide) groups is 1. The van der Waals surface area contributed by atoms with Crippen LogP contribution in [-0.2, 0) is 5.75 Å². The van der Waals surface area contributed by atoms with Gasteiger partial charge >= 0.3 is 0 Å². The predicted molar refractivity (Wildman–Crippen MR) is 54.8 cm³/mol. The van der Waals surface area contributed by atoms with E-state index in [0.717, 1.165) is 23.8 Å². The van der Waals surface area contributed by atoms with Crippen molar-refractivity contribution in [2.45, 2.75) is 5.75 Å². The van der Waals surface area contributed by atoms with E-state index >= 15 is 0 Å². The van der Waals surface area contributed by atoms with Crippen LogP contribution < -0.4 is 11.1 Å². The Kier molecular flexibility index (Phi) is 4.25. The van der Waals surface area contributed by atoms with Crippen molar-refractivity contribution in [3.63, 3.8) is 0 Å². The third-order valence-electron chi connectivity index (χ3n) is 1.39. The lowest BCUT2D eigenvalue weighted by Gasteiger charge is -2.01. The van der Waals surface area contributed by atoms with E-state index in [-0.39, 0.29) is 5.96 Å². The highest BCUT2D eigenvalue weighted by atomic mass is 32.2. The van der Waals surface area contributed by atoms with Gasteiger partial charge in [-0.25, -0.2) is 0 Å². The third-order valence-corrected chi connectivity index (χ3v) is 2.37. The number of furan rings is 1. The molecular formula is C8H13N3OS. The molecule has 1 rings (SSSR count). The van der Waals surface area contributed by atoms with Gasteiger partial charge in [-0.1, -0.05) is 0 Å². The Hall–Kier alpha value is -1.10. The minimum Gasteiger partial charge on any atom is -0.468 e. The maximum absolute atomic E-state index is 6.91. The van der Waals surface area contributed by atoms with Crippen molar-refractivity contribution < 1.29 is 4.42 Å². The zero-order valence-electron chi connectivity index (χ0n) is 7.25. The lowest BCUT2D eigenvalue weighted by atomic mass is 10.5. The van der Waals surface area contributed by atoms with Gasteiger partial charge in [-0.05, 0) is 12.1 Å². The fraction of sp³-hybridized carbons (Fsp3) is 0.375. The molecule has 72 valence electrons. The number of rotatable bonds is 5. The zero-order valence-corrected chi connectivity index (χ0v) is 8.06. The molecule has 4 nitrogen and oxygen atoms in total. The Bertz CT molecular complexity index is 248. The zero-order chi connectivity index (χ0) is 9.52. The third kappa shape index (κ3) is 4.47. The summed E-state index contributed by atoms with van der Waals surface area (Å²) in [5.41, 5.74) is 5.11. The first-order chi connectivity index (χ1) is 6.29. The van der Waals surface area contributed by atoms with Crippen LogP contribution in [0.5, 0.6) is 0 Å². The van der Waals surface area contributed by atoms with Crippen LogP contribution >= 0.6 is 11.8 Å². The topological polar surface area (TPSA) is 75.0 Å². The Labute approximate surface area is 81.4 Å². The van der Waals surface area contributed by atoms with Gasteiger partial charge in [0.25, 0.3) is 0 Å². The normalized spacial score (nSPS) is 9.85. The molecule has 4 N–H and O–H groups in total. The fourth-order valence-corrected chi connectivity index (χ4v) is 1.58. The van der Waals surface area contributed by atoms with Crippen molar-refractivity contribution in [3.05, 3.63) is 24.2 Å². The van der Waals surface area contributed by atoms with Gasteiger partial charge in [-0.2, -0.15) is 11.8 Å². The fourth-order valence-electron chi connectivity index (χ4n) is 0.825. The first-order valence-corrected chi connectivity index (χ1v) is 5.12. The van der Waals surface area contributed by atoms with Crippen molar-refractivity contribution in [1.82, 2.24) is 5.32 Å². The molecule has 0 saturated heterocycles. The summed E-state index contributed by atoms with van der Waals surface area (Å²) in [6.07, 6.45) is 1.67. The molecule has 0 unspecified atom stereocenters. The number of hydrogen-bond acceptors (Lipinski definition) is 3. The van der Waals surface area contributed by atoms with E-state index in [1.807, 2.05) is 12.1 Å². The van der Waals surface area contributed by atoms with Gasteiger partial charge in [0.05, 0.1) is 12.0 Å². The molecule has 0 aromatic carbocycles. The second-order valence-electron chi connectivity index (χ2n) is 2.47. The first kappa shape index (κ1) is 9.98. The van der Waals surface area contributed by atoms with Gasteiger partial charge in [0.2, 0.25) is 0 Å². The minimum atomic E-state index is 0.0265. The number of nitrogens with one attached hydrogen (secondary N) is 2. The van der Waals surface area contributed by atoms with E-state index in [9.17, 15) is 0 Å². The number of guanidine groups is 1. The molecule has 0 fully saturated rings. The van der Waals surface area contributed by atoms with Gasteiger partial charge < -0.3 is 15.5 Å². The largest absolute Gasteiger partial charge is 0.468 e. The molecule has 0 bridgehead atoms. The van der Waals surface area contributed by atoms with Gasteiger partial charge in [-0.3, -0.25) is 5.41 Å².